The van der Waals surface area contributed by atoms with Crippen molar-refractivity contribution in [1.29, 1.82) is 0 Å². The first-order valence-corrected chi connectivity index (χ1v) is 20.4. The van der Waals surface area contributed by atoms with E-state index in [9.17, 15) is 0 Å². The van der Waals surface area contributed by atoms with E-state index in [2.05, 4.69) is 211 Å². The quantitative estimate of drug-likeness (QED) is 0.178. The number of rotatable bonds is 4. The van der Waals surface area contributed by atoms with Gasteiger partial charge in [-0.05, 0) is 98.1 Å². The maximum absolute atomic E-state index is 5.55. The van der Waals surface area contributed by atoms with E-state index < -0.39 is 5.41 Å². The van der Waals surface area contributed by atoms with Crippen LogP contribution in [-0.2, 0) is 5.41 Å². The summed E-state index contributed by atoms with van der Waals surface area (Å²) >= 11 is 1.86. The molecule has 12 rings (SSSR count). The Morgan fingerprint density at radius 1 is 0.368 bits per heavy atom. The first-order valence-electron chi connectivity index (χ1n) is 19.5. The molecule has 0 bridgehead atoms. The normalized spacial score (nSPS) is 13.4. The lowest BCUT2D eigenvalue weighted by Gasteiger charge is -2.45. The predicted octanol–water partition coefficient (Wildman–Crippen LogP) is 14.6. The van der Waals surface area contributed by atoms with Crippen LogP contribution in [0, 0.1) is 0 Å². The monoisotopic (exact) mass is 742 g/mol. The maximum atomic E-state index is 5.55. The van der Waals surface area contributed by atoms with Gasteiger partial charge in [-0.1, -0.05) is 164 Å². The molecule has 3 heteroatoms. The Hall–Kier alpha value is -7.07. The van der Waals surface area contributed by atoms with Gasteiger partial charge in [0, 0.05) is 25.7 Å². The van der Waals surface area contributed by atoms with Crippen molar-refractivity contribution in [3.8, 4) is 44.6 Å². The molecule has 1 aliphatic carbocycles. The fraction of sp³-hybridized carbons (Fsp3) is 0.0185. The molecule has 57 heavy (non-hydrogen) atoms. The SMILES string of the molecule is c1ccc(-c2cc(-c3ccccc3)nc(N3c4ccccc4C4(c5ccccc5-c5ccccc54)c4ccc(-c5ccc6sc7ccccc7c6c5)cc43)c2)cc1. The van der Waals surface area contributed by atoms with Crippen molar-refractivity contribution in [3.05, 3.63) is 229 Å². The Morgan fingerprint density at radius 3 is 1.72 bits per heavy atom. The molecule has 8 aromatic carbocycles. The minimum atomic E-state index is -0.527. The highest BCUT2D eigenvalue weighted by atomic mass is 32.1. The molecule has 0 unspecified atom stereocenters. The molecule has 2 aromatic heterocycles. The van der Waals surface area contributed by atoms with Crippen molar-refractivity contribution in [1.82, 2.24) is 4.98 Å². The van der Waals surface area contributed by atoms with Gasteiger partial charge in [-0.15, -0.1) is 11.3 Å². The van der Waals surface area contributed by atoms with Crippen LogP contribution in [0.1, 0.15) is 22.3 Å². The van der Waals surface area contributed by atoms with Gasteiger partial charge in [-0.3, -0.25) is 4.90 Å². The lowest BCUT2D eigenvalue weighted by molar-refractivity contribution is 0.751. The summed E-state index contributed by atoms with van der Waals surface area (Å²) in [6, 6.07) is 75.7. The fourth-order valence-corrected chi connectivity index (χ4v) is 10.7. The standard InChI is InChI=1S/C54H34N2S/c1-3-15-35(16-4-1)39-32-48(36-17-5-2-6-18-36)55-53(34-39)56-49-25-13-12-24-46(49)54(44-22-10-7-19-40(44)41-20-8-11-23-45(41)54)47-29-27-38(33-50(47)56)37-28-30-52-43(31-37)42-21-9-14-26-51(42)57-52/h1-34H. The van der Waals surface area contributed by atoms with Crippen molar-refractivity contribution < 1.29 is 0 Å². The summed E-state index contributed by atoms with van der Waals surface area (Å²) in [5, 5.41) is 2.61. The summed E-state index contributed by atoms with van der Waals surface area (Å²) in [5.41, 5.74) is 16.1. The highest BCUT2D eigenvalue weighted by Gasteiger charge is 2.51. The molecule has 2 aliphatic rings. The van der Waals surface area contributed by atoms with E-state index in [4.69, 9.17) is 4.98 Å². The predicted molar refractivity (Wildman–Crippen MR) is 239 cm³/mol. The number of pyridine rings is 1. The lowest BCUT2D eigenvalue weighted by atomic mass is 9.64. The molecular weight excluding hydrogens is 709 g/mol. The van der Waals surface area contributed by atoms with Crippen LogP contribution in [0.2, 0.25) is 0 Å². The van der Waals surface area contributed by atoms with Crippen LogP contribution in [0.4, 0.5) is 17.2 Å². The van der Waals surface area contributed by atoms with Crippen LogP contribution >= 0.6 is 11.3 Å². The molecule has 2 nitrogen and oxygen atoms in total. The Kier molecular flexibility index (Phi) is 7.05. The largest absolute Gasteiger partial charge is 0.294 e. The van der Waals surface area contributed by atoms with Gasteiger partial charge in [-0.2, -0.15) is 0 Å². The minimum Gasteiger partial charge on any atom is -0.294 e. The second kappa shape index (κ2) is 12.5. The topological polar surface area (TPSA) is 16.1 Å². The Morgan fingerprint density at radius 2 is 0.947 bits per heavy atom. The molecule has 0 atom stereocenters. The molecule has 10 aromatic rings. The zero-order chi connectivity index (χ0) is 37.5. The number of thiophene rings is 1. The molecule has 1 aliphatic heterocycles. The zero-order valence-corrected chi connectivity index (χ0v) is 31.7. The lowest BCUT2D eigenvalue weighted by Crippen LogP contribution is -2.36. The van der Waals surface area contributed by atoms with Crippen molar-refractivity contribution >= 4 is 48.7 Å². The van der Waals surface area contributed by atoms with E-state index in [1.807, 2.05) is 11.3 Å². The van der Waals surface area contributed by atoms with Gasteiger partial charge in [0.15, 0.2) is 0 Å². The number of hydrogen-bond acceptors (Lipinski definition) is 3. The second-order valence-corrected chi connectivity index (χ2v) is 16.1. The Balaban J connectivity index is 1.17. The van der Waals surface area contributed by atoms with Crippen LogP contribution in [0.5, 0.6) is 0 Å². The van der Waals surface area contributed by atoms with Gasteiger partial charge < -0.3 is 0 Å². The number of benzene rings is 8. The summed E-state index contributed by atoms with van der Waals surface area (Å²) in [5.74, 6) is 0.884. The summed E-state index contributed by atoms with van der Waals surface area (Å²) in [6.45, 7) is 0. The molecule has 0 N–H and O–H groups in total. The zero-order valence-electron chi connectivity index (χ0n) is 30.9. The molecular formula is C54H34N2S. The second-order valence-electron chi connectivity index (χ2n) is 15.1. The number of nitrogens with zero attached hydrogens (tertiary/aromatic N) is 2. The third kappa shape index (κ3) is 4.73. The van der Waals surface area contributed by atoms with Gasteiger partial charge in [-0.25, -0.2) is 4.98 Å². The number of hydrogen-bond donors (Lipinski definition) is 0. The van der Waals surface area contributed by atoms with E-state index in [1.54, 1.807) is 0 Å². The van der Waals surface area contributed by atoms with Gasteiger partial charge in [0.2, 0.25) is 0 Å². The molecule has 0 radical (unpaired) electrons. The molecule has 0 amide bonds. The first-order chi connectivity index (χ1) is 28.3. The Labute approximate surface area is 335 Å². The van der Waals surface area contributed by atoms with Crippen molar-refractivity contribution in [2.45, 2.75) is 5.41 Å². The van der Waals surface area contributed by atoms with E-state index >= 15 is 0 Å². The van der Waals surface area contributed by atoms with Crippen LogP contribution in [0.15, 0.2) is 206 Å². The van der Waals surface area contributed by atoms with Crippen LogP contribution < -0.4 is 4.90 Å². The van der Waals surface area contributed by atoms with E-state index in [0.717, 1.165) is 39.6 Å². The highest BCUT2D eigenvalue weighted by Crippen LogP contribution is 2.63. The van der Waals surface area contributed by atoms with Gasteiger partial charge in [0.05, 0.1) is 22.5 Å². The maximum Gasteiger partial charge on any atom is 0.138 e. The molecule has 0 fully saturated rings. The number of para-hydroxylation sites is 1. The molecule has 1 spiro atoms. The van der Waals surface area contributed by atoms with E-state index in [1.165, 1.54) is 64.7 Å². The Bertz CT molecular complexity index is 3090. The van der Waals surface area contributed by atoms with E-state index in [0.29, 0.717) is 0 Å². The average molecular weight is 743 g/mol. The summed E-state index contributed by atoms with van der Waals surface area (Å²) in [7, 11) is 0. The number of anilines is 3. The number of fused-ring (bicyclic) bond motifs is 12. The van der Waals surface area contributed by atoms with Crippen molar-refractivity contribution in [2.75, 3.05) is 4.90 Å². The smallest absolute Gasteiger partial charge is 0.138 e. The van der Waals surface area contributed by atoms with Crippen LogP contribution in [0.25, 0.3) is 64.8 Å². The van der Waals surface area contributed by atoms with Crippen LogP contribution in [-0.4, -0.2) is 4.98 Å². The summed E-state index contributed by atoms with van der Waals surface area (Å²) in [4.78, 5) is 7.98. The summed E-state index contributed by atoms with van der Waals surface area (Å²) in [6.07, 6.45) is 0. The molecule has 3 heterocycles. The first kappa shape index (κ1) is 32.2. The van der Waals surface area contributed by atoms with Gasteiger partial charge in [0.1, 0.15) is 5.82 Å². The van der Waals surface area contributed by atoms with Crippen LogP contribution in [0.3, 0.4) is 0 Å². The molecule has 266 valence electrons. The van der Waals surface area contributed by atoms with Gasteiger partial charge >= 0.3 is 0 Å². The molecule has 0 saturated carbocycles. The highest BCUT2D eigenvalue weighted by molar-refractivity contribution is 7.25. The third-order valence-electron chi connectivity index (χ3n) is 12.1. The minimum absolute atomic E-state index is 0.527. The average Bonchev–Trinajstić information content (AvgIpc) is 3.80. The summed E-state index contributed by atoms with van der Waals surface area (Å²) < 4.78 is 2.62. The van der Waals surface area contributed by atoms with E-state index in [-0.39, 0.29) is 0 Å². The van der Waals surface area contributed by atoms with Crippen molar-refractivity contribution in [3.63, 3.8) is 0 Å². The van der Waals surface area contributed by atoms with Crippen molar-refractivity contribution in [2.24, 2.45) is 0 Å². The number of aromatic nitrogens is 1. The third-order valence-corrected chi connectivity index (χ3v) is 13.2. The fourth-order valence-electron chi connectivity index (χ4n) is 9.63. The van der Waals surface area contributed by atoms with Gasteiger partial charge in [0.25, 0.3) is 0 Å². The molecule has 0 saturated heterocycles.